The van der Waals surface area contributed by atoms with Gasteiger partial charge in [-0.1, -0.05) is 72.5 Å². The number of allylic oxidation sites excluding steroid dienone is 1. The molecular weight excluding hydrogens is 528 g/mol. The molecule has 238 valence electrons. The maximum absolute atomic E-state index is 11.6. The lowest BCUT2D eigenvalue weighted by molar-refractivity contribution is -0.890. The summed E-state index contributed by atoms with van der Waals surface area (Å²) in [7, 11) is 1.78. The first-order chi connectivity index (χ1) is 19.2. The zero-order chi connectivity index (χ0) is 30.2. The van der Waals surface area contributed by atoms with Gasteiger partial charge in [-0.3, -0.25) is 4.18 Å². The van der Waals surface area contributed by atoms with E-state index in [2.05, 4.69) is 61.7 Å². The number of hydrogen-bond acceptors (Lipinski definition) is 4. The fourth-order valence-electron chi connectivity index (χ4n) is 11.0. The highest BCUT2D eigenvalue weighted by molar-refractivity contribution is 7.67. The highest BCUT2D eigenvalue weighted by Crippen LogP contribution is 2.68. The van der Waals surface area contributed by atoms with Crippen LogP contribution in [0, 0.1) is 52.3 Å². The van der Waals surface area contributed by atoms with Crippen LogP contribution >= 0.6 is 0 Å². The van der Waals surface area contributed by atoms with Crippen molar-refractivity contribution in [2.75, 3.05) is 27.2 Å². The molecule has 0 aliphatic heterocycles. The van der Waals surface area contributed by atoms with Crippen molar-refractivity contribution < 1.29 is 17.1 Å². The lowest BCUT2D eigenvalue weighted by atomic mass is 9.44. The van der Waals surface area contributed by atoms with Crippen LogP contribution in [0.2, 0.25) is 0 Å². The molecule has 0 radical (unpaired) electrons. The molecule has 5 nitrogen and oxygen atoms in total. The molecule has 0 amide bonds. The van der Waals surface area contributed by atoms with Gasteiger partial charge in [0.2, 0.25) is 0 Å². The van der Waals surface area contributed by atoms with Crippen LogP contribution in [0.1, 0.15) is 119 Å². The minimum atomic E-state index is -2.86. The Bertz CT molecular complexity index is 984. The van der Waals surface area contributed by atoms with E-state index in [0.717, 1.165) is 72.8 Å². The van der Waals surface area contributed by atoms with Gasteiger partial charge in [-0.25, -0.2) is 8.42 Å². The van der Waals surface area contributed by atoms with E-state index in [1.807, 2.05) is 0 Å². The average Bonchev–Trinajstić information content (AvgIpc) is 3.24. The Hall–Kier alpha value is -0.430. The first-order valence-corrected chi connectivity index (χ1v) is 18.4. The van der Waals surface area contributed by atoms with Crippen molar-refractivity contribution in [1.82, 2.24) is 0 Å². The van der Waals surface area contributed by atoms with E-state index in [1.54, 1.807) is 0 Å². The van der Waals surface area contributed by atoms with E-state index in [1.165, 1.54) is 56.9 Å². The van der Waals surface area contributed by atoms with E-state index >= 15 is 0 Å². The summed E-state index contributed by atoms with van der Waals surface area (Å²) >= 11 is 0. The number of rotatable bonds is 13. The number of fused-ring (bicyclic) bond motifs is 5. The number of thiol groups is 1. The van der Waals surface area contributed by atoms with Crippen LogP contribution in [0.3, 0.4) is 0 Å². The normalized spacial score (nSPS) is 38.8. The van der Waals surface area contributed by atoms with Gasteiger partial charge in [0.15, 0.2) is 0 Å². The Kier molecular flexibility index (Phi) is 10.8. The maximum atomic E-state index is 11.6. The van der Waals surface area contributed by atoms with Crippen molar-refractivity contribution in [3.8, 4) is 0 Å². The van der Waals surface area contributed by atoms with Crippen LogP contribution in [0.15, 0.2) is 11.6 Å². The standard InChI is InChI=1S/C35H65N2O3S/c1-9-20-37(7,8)21-18-33(36)32-23-27(40-41(38)39)22-26-13-14-28-30-16-15-29(25(4)12-10-11-24(2)3)34(30,5)19-17-31(28)35(26,32)6/h13,24-25,27-33,41H,9-12,14-23,36H2,1-8H3/q+1/t25-,27-,28+,29-,30+,31+,32?,33?,34-,35+/m1/s1. The van der Waals surface area contributed by atoms with Crippen LogP contribution in [0.5, 0.6) is 0 Å². The second-order valence-electron chi connectivity index (χ2n) is 16.5. The molecule has 10 atom stereocenters. The summed E-state index contributed by atoms with van der Waals surface area (Å²) < 4.78 is 29.8. The van der Waals surface area contributed by atoms with E-state index in [0.29, 0.717) is 11.3 Å². The number of hydrogen-bond donors (Lipinski definition) is 2. The fraction of sp³-hybridized carbons (Fsp3) is 0.943. The van der Waals surface area contributed by atoms with Gasteiger partial charge >= 0.3 is 0 Å². The molecule has 0 bridgehead atoms. The molecule has 0 aromatic rings. The molecule has 0 spiro atoms. The highest BCUT2D eigenvalue weighted by atomic mass is 32.2. The SMILES string of the molecule is CCC[N+](C)(C)CCC(N)C1C[C@H](O[SH](=O)=O)CC2=CC[C@H]3[C@@H]4CC[C@H]([C@H](C)CCCC(C)C)[C@@]4(C)CC[C@@H]3[C@]21C. The largest absolute Gasteiger partial charge is 0.328 e. The molecule has 2 N–H and O–H groups in total. The van der Waals surface area contributed by atoms with Crippen molar-refractivity contribution >= 4 is 11.0 Å². The quantitative estimate of drug-likeness (QED) is 0.133. The van der Waals surface area contributed by atoms with E-state index in [4.69, 9.17) is 9.92 Å². The van der Waals surface area contributed by atoms with Crippen LogP contribution in [0.4, 0.5) is 0 Å². The topological polar surface area (TPSA) is 69.4 Å². The molecule has 4 rings (SSSR count). The molecule has 3 fully saturated rings. The van der Waals surface area contributed by atoms with Crippen molar-refractivity contribution in [1.29, 1.82) is 0 Å². The zero-order valence-corrected chi connectivity index (χ0v) is 28.8. The highest BCUT2D eigenvalue weighted by Gasteiger charge is 2.61. The molecule has 6 heteroatoms. The van der Waals surface area contributed by atoms with Crippen molar-refractivity contribution in [2.45, 2.75) is 131 Å². The lowest BCUT2D eigenvalue weighted by Gasteiger charge is -2.61. The maximum Gasteiger partial charge on any atom is 0.257 e. The van der Waals surface area contributed by atoms with Gasteiger partial charge in [-0.05, 0) is 104 Å². The monoisotopic (exact) mass is 593 g/mol. The smallest absolute Gasteiger partial charge is 0.257 e. The summed E-state index contributed by atoms with van der Waals surface area (Å²) in [6.45, 7) is 16.9. The average molecular weight is 594 g/mol. The third kappa shape index (κ3) is 6.96. The second kappa shape index (κ2) is 13.3. The first-order valence-electron chi connectivity index (χ1n) is 17.3. The molecule has 0 aromatic heterocycles. The molecule has 0 aromatic carbocycles. The summed E-state index contributed by atoms with van der Waals surface area (Å²) in [6.07, 6.45) is 16.6. The Morgan fingerprint density at radius 1 is 1.02 bits per heavy atom. The summed E-state index contributed by atoms with van der Waals surface area (Å²) in [6, 6.07) is 0.0537. The molecule has 41 heavy (non-hydrogen) atoms. The lowest BCUT2D eigenvalue weighted by Crippen LogP contribution is -2.58. The molecule has 0 heterocycles. The molecule has 2 unspecified atom stereocenters. The summed E-state index contributed by atoms with van der Waals surface area (Å²) in [5, 5.41) is 0. The Balaban J connectivity index is 1.57. The number of quaternary nitrogens is 1. The van der Waals surface area contributed by atoms with Crippen LogP contribution < -0.4 is 5.73 Å². The van der Waals surface area contributed by atoms with Gasteiger partial charge in [-0.2, -0.15) is 0 Å². The van der Waals surface area contributed by atoms with Crippen LogP contribution in [-0.2, 0) is 15.2 Å². The van der Waals surface area contributed by atoms with Gasteiger partial charge in [0.1, 0.15) is 0 Å². The van der Waals surface area contributed by atoms with Crippen molar-refractivity contribution in [3.63, 3.8) is 0 Å². The molecule has 4 aliphatic carbocycles. The fourth-order valence-corrected chi connectivity index (χ4v) is 11.4. The minimum Gasteiger partial charge on any atom is -0.328 e. The van der Waals surface area contributed by atoms with Crippen molar-refractivity contribution in [2.24, 2.45) is 58.0 Å². The Morgan fingerprint density at radius 2 is 1.76 bits per heavy atom. The molecule has 3 saturated carbocycles. The van der Waals surface area contributed by atoms with Gasteiger partial charge in [0.05, 0.1) is 33.3 Å². The van der Waals surface area contributed by atoms with Gasteiger partial charge in [0, 0.05) is 12.5 Å². The van der Waals surface area contributed by atoms with Gasteiger partial charge in [-0.15, -0.1) is 0 Å². The number of nitrogens with zero attached hydrogens (tertiary/aromatic N) is 1. The van der Waals surface area contributed by atoms with E-state index in [9.17, 15) is 8.42 Å². The first kappa shape index (κ1) is 33.5. The predicted molar refractivity (Wildman–Crippen MR) is 172 cm³/mol. The van der Waals surface area contributed by atoms with Gasteiger partial charge < -0.3 is 10.2 Å². The summed E-state index contributed by atoms with van der Waals surface area (Å²) in [4.78, 5) is 0. The third-order valence-electron chi connectivity index (χ3n) is 13.1. The number of nitrogens with two attached hydrogens (primary N) is 1. The summed E-state index contributed by atoms with van der Waals surface area (Å²) in [5.41, 5.74) is 9.13. The van der Waals surface area contributed by atoms with E-state index < -0.39 is 11.0 Å². The Morgan fingerprint density at radius 3 is 2.41 bits per heavy atom. The molecular formula is C35H65N2O3S+. The van der Waals surface area contributed by atoms with Crippen LogP contribution in [-0.4, -0.2) is 52.2 Å². The van der Waals surface area contributed by atoms with E-state index in [-0.39, 0.29) is 23.5 Å². The Labute approximate surface area is 255 Å². The van der Waals surface area contributed by atoms with Crippen molar-refractivity contribution in [3.05, 3.63) is 11.6 Å². The minimum absolute atomic E-state index is 0.0426. The van der Waals surface area contributed by atoms with Crippen LogP contribution in [0.25, 0.3) is 0 Å². The predicted octanol–water partition coefficient (Wildman–Crippen LogP) is 7.37. The molecule has 4 aliphatic rings. The summed E-state index contributed by atoms with van der Waals surface area (Å²) in [5.74, 6) is 4.91. The third-order valence-corrected chi connectivity index (χ3v) is 13.6. The van der Waals surface area contributed by atoms with Gasteiger partial charge in [0.25, 0.3) is 11.0 Å². The molecule has 0 saturated heterocycles. The zero-order valence-electron chi connectivity index (χ0n) is 27.9. The second-order valence-corrected chi connectivity index (χ2v) is 17.1.